The first-order chi connectivity index (χ1) is 9.56. The maximum atomic E-state index is 13.2. The van der Waals surface area contributed by atoms with Gasteiger partial charge in [0, 0.05) is 25.7 Å². The first-order valence-electron chi connectivity index (χ1n) is 6.93. The third kappa shape index (κ3) is 5.63. The molecule has 112 valence electrons. The van der Waals surface area contributed by atoms with Gasteiger partial charge in [-0.15, -0.1) is 0 Å². The Labute approximate surface area is 118 Å². The Morgan fingerprint density at radius 1 is 1.30 bits per heavy atom. The molecule has 0 aliphatic carbocycles. The molecule has 1 rings (SSSR count). The number of rotatable bonds is 9. The number of nitro benzene ring substituents is 1. The molecule has 0 saturated carbocycles. The first-order valence-corrected chi connectivity index (χ1v) is 6.93. The molecule has 1 N–H and O–H groups in total. The van der Waals surface area contributed by atoms with E-state index in [-0.39, 0.29) is 5.69 Å². The predicted octanol–water partition coefficient (Wildman–Crippen LogP) is 2.56. The molecule has 0 saturated heterocycles. The molecule has 0 spiro atoms. The summed E-state index contributed by atoms with van der Waals surface area (Å²) in [6.07, 6.45) is 1.12. The molecule has 0 amide bonds. The van der Waals surface area contributed by atoms with Crippen LogP contribution in [-0.2, 0) is 6.54 Å². The molecule has 0 fully saturated rings. The number of hydrogen-bond donors (Lipinski definition) is 1. The summed E-state index contributed by atoms with van der Waals surface area (Å²) < 4.78 is 13.2. The summed E-state index contributed by atoms with van der Waals surface area (Å²) in [7, 11) is 0. The van der Waals surface area contributed by atoms with Gasteiger partial charge in [-0.25, -0.2) is 4.39 Å². The van der Waals surface area contributed by atoms with Gasteiger partial charge in [-0.1, -0.05) is 13.8 Å². The van der Waals surface area contributed by atoms with Crippen LogP contribution < -0.4 is 5.32 Å². The van der Waals surface area contributed by atoms with E-state index in [0.29, 0.717) is 12.1 Å². The Balaban J connectivity index is 2.44. The average Bonchev–Trinajstić information content (AvgIpc) is 2.41. The molecule has 1 aromatic carbocycles. The second-order valence-electron chi connectivity index (χ2n) is 4.69. The van der Waals surface area contributed by atoms with Gasteiger partial charge >= 0.3 is 0 Å². The highest BCUT2D eigenvalue weighted by atomic mass is 19.1. The van der Waals surface area contributed by atoms with Gasteiger partial charge in [-0.05, 0) is 31.1 Å². The molecular weight excluding hydrogens is 261 g/mol. The van der Waals surface area contributed by atoms with Crippen LogP contribution in [0.1, 0.15) is 25.8 Å². The van der Waals surface area contributed by atoms with E-state index < -0.39 is 10.7 Å². The Bertz CT molecular complexity index is 440. The SMILES string of the molecule is CCCN(CC)CCNCc1cc(F)cc([N+](=O)[O-])c1. The minimum absolute atomic E-state index is 0.206. The number of nitro groups is 1. The normalized spacial score (nSPS) is 11.0. The van der Waals surface area contributed by atoms with E-state index in [1.807, 2.05) is 0 Å². The summed E-state index contributed by atoms with van der Waals surface area (Å²) in [5.74, 6) is -0.572. The van der Waals surface area contributed by atoms with Crippen molar-refractivity contribution in [3.05, 3.63) is 39.7 Å². The molecule has 0 heterocycles. The van der Waals surface area contributed by atoms with Crippen molar-refractivity contribution in [2.45, 2.75) is 26.8 Å². The van der Waals surface area contributed by atoms with Crippen LogP contribution in [0, 0.1) is 15.9 Å². The molecule has 0 unspecified atom stereocenters. The number of non-ortho nitro benzene ring substituents is 1. The summed E-state index contributed by atoms with van der Waals surface area (Å²) >= 11 is 0. The number of hydrogen-bond acceptors (Lipinski definition) is 4. The van der Waals surface area contributed by atoms with Crippen LogP contribution in [0.5, 0.6) is 0 Å². The number of nitrogens with one attached hydrogen (secondary N) is 1. The van der Waals surface area contributed by atoms with Crippen LogP contribution in [0.2, 0.25) is 0 Å². The third-order valence-electron chi connectivity index (χ3n) is 3.07. The van der Waals surface area contributed by atoms with Crippen molar-refractivity contribution < 1.29 is 9.31 Å². The third-order valence-corrected chi connectivity index (χ3v) is 3.07. The van der Waals surface area contributed by atoms with Crippen LogP contribution in [0.15, 0.2) is 18.2 Å². The van der Waals surface area contributed by atoms with Crippen molar-refractivity contribution >= 4 is 5.69 Å². The summed E-state index contributed by atoms with van der Waals surface area (Å²) in [5.41, 5.74) is 0.387. The summed E-state index contributed by atoms with van der Waals surface area (Å²) in [5, 5.41) is 13.8. The lowest BCUT2D eigenvalue weighted by molar-refractivity contribution is -0.385. The Hall–Kier alpha value is -1.53. The largest absolute Gasteiger partial charge is 0.311 e. The van der Waals surface area contributed by atoms with E-state index in [9.17, 15) is 14.5 Å². The van der Waals surface area contributed by atoms with Crippen LogP contribution in [0.25, 0.3) is 0 Å². The van der Waals surface area contributed by atoms with E-state index in [4.69, 9.17) is 0 Å². The molecule has 0 aromatic heterocycles. The highest BCUT2D eigenvalue weighted by Gasteiger charge is 2.09. The Morgan fingerprint density at radius 2 is 2.05 bits per heavy atom. The molecule has 0 aliphatic heterocycles. The molecule has 20 heavy (non-hydrogen) atoms. The van der Waals surface area contributed by atoms with Crippen molar-refractivity contribution in [2.24, 2.45) is 0 Å². The van der Waals surface area contributed by atoms with Gasteiger partial charge in [-0.2, -0.15) is 0 Å². The second-order valence-corrected chi connectivity index (χ2v) is 4.69. The van der Waals surface area contributed by atoms with Gasteiger partial charge in [0.15, 0.2) is 0 Å². The van der Waals surface area contributed by atoms with Crippen molar-refractivity contribution in [1.82, 2.24) is 10.2 Å². The number of halogens is 1. The molecule has 0 radical (unpaired) electrons. The number of benzene rings is 1. The van der Waals surface area contributed by atoms with Gasteiger partial charge in [0.1, 0.15) is 5.82 Å². The van der Waals surface area contributed by atoms with Crippen molar-refractivity contribution in [3.63, 3.8) is 0 Å². The van der Waals surface area contributed by atoms with E-state index in [1.54, 1.807) is 0 Å². The molecule has 1 aromatic rings. The quantitative estimate of drug-likeness (QED) is 0.430. The number of nitrogens with zero attached hydrogens (tertiary/aromatic N) is 2. The van der Waals surface area contributed by atoms with E-state index >= 15 is 0 Å². The molecular formula is C14H22FN3O2. The standard InChI is InChI=1S/C14H22FN3O2/c1-3-6-17(4-2)7-5-16-11-12-8-13(15)10-14(9-12)18(19)20/h8-10,16H,3-7,11H2,1-2H3. The van der Waals surface area contributed by atoms with Crippen LogP contribution in [-0.4, -0.2) is 36.0 Å². The predicted molar refractivity (Wildman–Crippen MR) is 77.2 cm³/mol. The maximum absolute atomic E-state index is 13.2. The zero-order chi connectivity index (χ0) is 15.0. The van der Waals surface area contributed by atoms with Gasteiger partial charge < -0.3 is 10.2 Å². The summed E-state index contributed by atoms with van der Waals surface area (Å²) in [4.78, 5) is 12.4. The van der Waals surface area contributed by atoms with E-state index in [1.165, 1.54) is 12.1 Å². The summed E-state index contributed by atoms with van der Waals surface area (Å²) in [6, 6.07) is 3.66. The lowest BCUT2D eigenvalue weighted by atomic mass is 10.2. The van der Waals surface area contributed by atoms with Gasteiger partial charge in [0.25, 0.3) is 5.69 Å². The van der Waals surface area contributed by atoms with Crippen LogP contribution >= 0.6 is 0 Å². The van der Waals surface area contributed by atoms with Gasteiger partial charge in [0.05, 0.1) is 11.0 Å². The topological polar surface area (TPSA) is 58.4 Å². The van der Waals surface area contributed by atoms with Crippen molar-refractivity contribution in [1.29, 1.82) is 0 Å². The summed E-state index contributed by atoms with van der Waals surface area (Å²) in [6.45, 7) is 8.44. The lowest BCUT2D eigenvalue weighted by Crippen LogP contribution is -2.32. The van der Waals surface area contributed by atoms with Crippen LogP contribution in [0.4, 0.5) is 10.1 Å². The smallest absolute Gasteiger partial charge is 0.272 e. The monoisotopic (exact) mass is 283 g/mol. The fraction of sp³-hybridized carbons (Fsp3) is 0.571. The zero-order valence-corrected chi connectivity index (χ0v) is 12.1. The van der Waals surface area contributed by atoms with Crippen molar-refractivity contribution in [2.75, 3.05) is 26.2 Å². The molecule has 0 bridgehead atoms. The Morgan fingerprint density at radius 3 is 2.65 bits per heavy atom. The van der Waals surface area contributed by atoms with E-state index in [2.05, 4.69) is 24.1 Å². The molecule has 5 nitrogen and oxygen atoms in total. The minimum atomic E-state index is -0.577. The minimum Gasteiger partial charge on any atom is -0.311 e. The van der Waals surface area contributed by atoms with E-state index in [0.717, 1.165) is 38.7 Å². The highest BCUT2D eigenvalue weighted by molar-refractivity contribution is 5.35. The van der Waals surface area contributed by atoms with Gasteiger partial charge in [-0.3, -0.25) is 10.1 Å². The van der Waals surface area contributed by atoms with Gasteiger partial charge in [0.2, 0.25) is 0 Å². The lowest BCUT2D eigenvalue weighted by Gasteiger charge is -2.19. The fourth-order valence-corrected chi connectivity index (χ4v) is 2.05. The highest BCUT2D eigenvalue weighted by Crippen LogP contribution is 2.16. The maximum Gasteiger partial charge on any atom is 0.272 e. The molecule has 6 heteroatoms. The Kier molecular flexibility index (Phi) is 7.11. The molecule has 0 aliphatic rings. The first kappa shape index (κ1) is 16.5. The van der Waals surface area contributed by atoms with Crippen molar-refractivity contribution in [3.8, 4) is 0 Å². The van der Waals surface area contributed by atoms with Crippen LogP contribution in [0.3, 0.4) is 0 Å². The number of likely N-dealkylation sites (N-methyl/N-ethyl adjacent to an activating group) is 1. The average molecular weight is 283 g/mol. The molecule has 0 atom stereocenters. The fourth-order valence-electron chi connectivity index (χ4n) is 2.05. The second kappa shape index (κ2) is 8.60. The zero-order valence-electron chi connectivity index (χ0n) is 12.1.